The van der Waals surface area contributed by atoms with Crippen molar-refractivity contribution in [1.82, 2.24) is 25.2 Å². The number of hydrogen-bond donors (Lipinski definition) is 2. The molecule has 2 aromatic heterocycles. The lowest BCUT2D eigenvalue weighted by molar-refractivity contribution is -0.125. The van der Waals surface area contributed by atoms with E-state index >= 15 is 0 Å². The minimum Gasteiger partial charge on any atom is -0.346 e. The molecule has 5 heterocycles. The molecule has 5 rings (SSSR count). The van der Waals surface area contributed by atoms with Gasteiger partial charge in [0.15, 0.2) is 0 Å². The van der Waals surface area contributed by atoms with Crippen molar-refractivity contribution in [2.24, 2.45) is 5.92 Å². The number of nitrogens with one attached hydrogen (secondary N) is 2. The van der Waals surface area contributed by atoms with Crippen molar-refractivity contribution in [2.75, 3.05) is 36.8 Å². The number of anilines is 1. The molecule has 2 aromatic rings. The highest BCUT2D eigenvalue weighted by Gasteiger charge is 2.37. The van der Waals surface area contributed by atoms with E-state index < -0.39 is 0 Å². The molecule has 0 bridgehead atoms. The Morgan fingerprint density at radius 3 is 3.07 bits per heavy atom. The number of carbonyl (C=O) groups excluding carboxylic acids is 1. The molecule has 0 aromatic carbocycles. The zero-order valence-corrected chi connectivity index (χ0v) is 17.5. The van der Waals surface area contributed by atoms with Gasteiger partial charge in [0, 0.05) is 43.8 Å². The number of piperidine rings is 1. The van der Waals surface area contributed by atoms with Gasteiger partial charge in [-0.05, 0) is 37.8 Å². The van der Waals surface area contributed by atoms with Crippen LogP contribution in [-0.2, 0) is 4.79 Å². The molecule has 0 spiro atoms. The van der Waals surface area contributed by atoms with Gasteiger partial charge in [-0.2, -0.15) is 0 Å². The smallest absolute Gasteiger partial charge is 0.261 e. The third-order valence-corrected chi connectivity index (χ3v) is 6.86. The van der Waals surface area contributed by atoms with E-state index in [4.69, 9.17) is 0 Å². The van der Waals surface area contributed by atoms with Gasteiger partial charge in [-0.3, -0.25) is 4.79 Å². The van der Waals surface area contributed by atoms with Crippen molar-refractivity contribution in [2.45, 2.75) is 25.8 Å². The van der Waals surface area contributed by atoms with Crippen molar-refractivity contribution < 1.29 is 4.79 Å². The van der Waals surface area contributed by atoms with E-state index in [0.29, 0.717) is 12.0 Å². The predicted molar refractivity (Wildman–Crippen MR) is 115 cm³/mol. The number of aromatic amines is 1. The monoisotopic (exact) mass is 420 g/mol. The number of fused-ring (bicyclic) bond motifs is 2. The SMILES string of the molecule is Cc1c[nH]c2ncnc(N3C=C(C(=O)N4C[C@@H]5CCCN[C@@H]5C4)SCC3)c12.Cl. The van der Waals surface area contributed by atoms with E-state index in [2.05, 4.69) is 32.1 Å². The number of H-pyrrole nitrogens is 1. The first-order chi connectivity index (χ1) is 13.2. The van der Waals surface area contributed by atoms with Crippen LogP contribution in [0.2, 0.25) is 0 Å². The highest BCUT2D eigenvalue weighted by molar-refractivity contribution is 8.04. The molecule has 1 amide bonds. The summed E-state index contributed by atoms with van der Waals surface area (Å²) in [5, 5.41) is 4.61. The first kappa shape index (κ1) is 19.5. The van der Waals surface area contributed by atoms with Gasteiger partial charge in [-0.1, -0.05) is 0 Å². The maximum Gasteiger partial charge on any atom is 0.261 e. The molecule has 2 fully saturated rings. The molecule has 9 heteroatoms. The molecular formula is C19H25ClN6OS. The quantitative estimate of drug-likeness (QED) is 0.776. The molecule has 0 radical (unpaired) electrons. The van der Waals surface area contributed by atoms with Gasteiger partial charge in [-0.25, -0.2) is 9.97 Å². The van der Waals surface area contributed by atoms with Crippen LogP contribution in [0.15, 0.2) is 23.6 Å². The largest absolute Gasteiger partial charge is 0.346 e. The molecule has 3 aliphatic rings. The van der Waals surface area contributed by atoms with E-state index in [0.717, 1.165) is 59.3 Å². The van der Waals surface area contributed by atoms with Gasteiger partial charge in [0.25, 0.3) is 5.91 Å². The van der Waals surface area contributed by atoms with E-state index in [1.807, 2.05) is 17.3 Å². The number of thioether (sulfide) groups is 1. The van der Waals surface area contributed by atoms with Crippen LogP contribution >= 0.6 is 24.2 Å². The zero-order valence-electron chi connectivity index (χ0n) is 15.9. The van der Waals surface area contributed by atoms with Crippen LogP contribution in [0.1, 0.15) is 18.4 Å². The first-order valence-corrected chi connectivity index (χ1v) is 10.6. The van der Waals surface area contributed by atoms with Crippen LogP contribution < -0.4 is 10.2 Å². The summed E-state index contributed by atoms with van der Waals surface area (Å²) in [5.41, 5.74) is 1.96. The maximum atomic E-state index is 13.1. The van der Waals surface area contributed by atoms with Gasteiger partial charge in [-0.15, -0.1) is 24.2 Å². The van der Waals surface area contributed by atoms with Gasteiger partial charge in [0.05, 0.1) is 10.3 Å². The summed E-state index contributed by atoms with van der Waals surface area (Å²) in [5.74, 6) is 2.53. The molecule has 3 aliphatic heterocycles. The number of aryl methyl sites for hydroxylation is 1. The number of likely N-dealkylation sites (tertiary alicyclic amines) is 1. The molecule has 28 heavy (non-hydrogen) atoms. The molecule has 7 nitrogen and oxygen atoms in total. The Morgan fingerprint density at radius 2 is 2.21 bits per heavy atom. The lowest BCUT2D eigenvalue weighted by atomic mass is 9.94. The van der Waals surface area contributed by atoms with Gasteiger partial charge in [0.1, 0.15) is 17.8 Å². The number of nitrogens with zero attached hydrogens (tertiary/aromatic N) is 4. The lowest BCUT2D eigenvalue weighted by Crippen LogP contribution is -2.41. The zero-order chi connectivity index (χ0) is 18.4. The second-order valence-electron chi connectivity index (χ2n) is 7.60. The number of halogens is 1. The highest BCUT2D eigenvalue weighted by atomic mass is 35.5. The summed E-state index contributed by atoms with van der Waals surface area (Å²) < 4.78 is 0. The summed E-state index contributed by atoms with van der Waals surface area (Å²) >= 11 is 1.66. The van der Waals surface area contributed by atoms with Crippen LogP contribution in [0.3, 0.4) is 0 Å². The third kappa shape index (κ3) is 3.38. The molecule has 0 saturated carbocycles. The highest BCUT2D eigenvalue weighted by Crippen LogP contribution is 2.33. The number of carbonyl (C=O) groups is 1. The average Bonchev–Trinajstić information content (AvgIpc) is 3.31. The minimum absolute atomic E-state index is 0. The Kier molecular flexibility index (Phi) is 5.53. The Bertz CT molecular complexity index is 901. The fourth-order valence-corrected chi connectivity index (χ4v) is 5.43. The van der Waals surface area contributed by atoms with Crippen molar-refractivity contribution in [3.8, 4) is 0 Å². The number of hydrogen-bond acceptors (Lipinski definition) is 6. The van der Waals surface area contributed by atoms with Crippen LogP contribution in [0, 0.1) is 12.8 Å². The summed E-state index contributed by atoms with van der Waals surface area (Å²) in [4.78, 5) is 30.1. The molecule has 2 atom stereocenters. The van der Waals surface area contributed by atoms with Crippen LogP contribution in [0.5, 0.6) is 0 Å². The van der Waals surface area contributed by atoms with Crippen molar-refractivity contribution in [3.63, 3.8) is 0 Å². The molecule has 0 aliphatic carbocycles. The second kappa shape index (κ2) is 7.93. The van der Waals surface area contributed by atoms with Crippen LogP contribution in [-0.4, -0.2) is 63.7 Å². The second-order valence-corrected chi connectivity index (χ2v) is 8.74. The Balaban J connectivity index is 0.00000192. The summed E-state index contributed by atoms with van der Waals surface area (Å²) in [7, 11) is 0. The normalized spacial score (nSPS) is 24.7. The lowest BCUT2D eigenvalue weighted by Gasteiger charge is -2.27. The van der Waals surface area contributed by atoms with E-state index in [-0.39, 0.29) is 18.3 Å². The van der Waals surface area contributed by atoms with Crippen molar-refractivity contribution in [1.29, 1.82) is 0 Å². The minimum atomic E-state index is 0. The Labute approximate surface area is 174 Å². The van der Waals surface area contributed by atoms with Crippen molar-refractivity contribution >= 4 is 46.9 Å². The standard InChI is InChI=1S/C19H24N6OS.ClH/c1-12-7-21-17-16(12)18(23-11-22-17)24-5-6-27-15(10-24)19(26)25-8-13-3-2-4-20-14(13)9-25;/h7,10-11,13-14,20H,2-6,8-9H2,1H3,(H,21,22,23);1H/t13-,14+;/m0./s1. The summed E-state index contributed by atoms with van der Waals surface area (Å²) in [6.07, 6.45) is 7.97. The van der Waals surface area contributed by atoms with Crippen LogP contribution in [0.25, 0.3) is 11.0 Å². The number of amides is 1. The molecule has 0 unspecified atom stereocenters. The summed E-state index contributed by atoms with van der Waals surface area (Å²) in [6.45, 7) is 5.68. The summed E-state index contributed by atoms with van der Waals surface area (Å²) in [6, 6.07) is 0.469. The first-order valence-electron chi connectivity index (χ1n) is 9.63. The fraction of sp³-hybridized carbons (Fsp3) is 0.526. The maximum absolute atomic E-state index is 13.1. The van der Waals surface area contributed by atoms with Gasteiger partial charge in [0.2, 0.25) is 0 Å². The van der Waals surface area contributed by atoms with Gasteiger partial charge >= 0.3 is 0 Å². The molecule has 2 N–H and O–H groups in total. The molecular weight excluding hydrogens is 396 g/mol. The average molecular weight is 421 g/mol. The topological polar surface area (TPSA) is 77.2 Å². The van der Waals surface area contributed by atoms with Crippen LogP contribution in [0.4, 0.5) is 5.82 Å². The number of rotatable bonds is 2. The van der Waals surface area contributed by atoms with E-state index in [9.17, 15) is 4.79 Å². The van der Waals surface area contributed by atoms with Crippen molar-refractivity contribution in [3.05, 3.63) is 29.2 Å². The molecule has 2 saturated heterocycles. The Morgan fingerprint density at radius 1 is 1.32 bits per heavy atom. The number of aromatic nitrogens is 3. The third-order valence-electron chi connectivity index (χ3n) is 5.88. The predicted octanol–water partition coefficient (Wildman–Crippen LogP) is 2.29. The fourth-order valence-electron chi connectivity index (χ4n) is 4.47. The Hall–Kier alpha value is -1.77. The van der Waals surface area contributed by atoms with Gasteiger partial charge < -0.3 is 20.1 Å². The van der Waals surface area contributed by atoms with E-state index in [1.165, 1.54) is 12.8 Å². The molecule has 150 valence electrons. The van der Waals surface area contributed by atoms with E-state index in [1.54, 1.807) is 18.1 Å².